The summed E-state index contributed by atoms with van der Waals surface area (Å²) in [5.74, 6) is 1.45. The molecular weight excluding hydrogens is 294 g/mol. The minimum absolute atomic E-state index is 0.278. The number of hydrogen-bond acceptors (Lipinski definition) is 4. The van der Waals surface area contributed by atoms with E-state index in [9.17, 15) is 4.79 Å². The smallest absolute Gasteiger partial charge is 0.267 e. The summed E-state index contributed by atoms with van der Waals surface area (Å²) in [7, 11) is 1.60. The predicted octanol–water partition coefficient (Wildman–Crippen LogP) is 2.98. The second-order valence-electron chi connectivity index (χ2n) is 5.03. The molecule has 2 aromatic carbocycles. The van der Waals surface area contributed by atoms with Crippen molar-refractivity contribution in [1.82, 2.24) is 9.97 Å². The molecule has 0 unspecified atom stereocenters. The van der Waals surface area contributed by atoms with Crippen LogP contribution in [0.15, 0.2) is 48.5 Å². The highest BCUT2D eigenvalue weighted by molar-refractivity contribution is 5.94. The number of para-hydroxylation sites is 2. The van der Waals surface area contributed by atoms with Crippen molar-refractivity contribution >= 4 is 22.9 Å². The SMILES string of the molecule is COc1ccc(O[C@@H](C)C(=O)Nc2nc3ccccc3[nH]2)cc1. The molecule has 0 saturated carbocycles. The van der Waals surface area contributed by atoms with Gasteiger partial charge in [-0.05, 0) is 43.3 Å². The lowest BCUT2D eigenvalue weighted by atomic mass is 10.3. The van der Waals surface area contributed by atoms with Crippen molar-refractivity contribution in [2.45, 2.75) is 13.0 Å². The number of rotatable bonds is 5. The lowest BCUT2D eigenvalue weighted by Crippen LogP contribution is -2.30. The maximum Gasteiger partial charge on any atom is 0.267 e. The van der Waals surface area contributed by atoms with E-state index in [-0.39, 0.29) is 5.91 Å². The highest BCUT2D eigenvalue weighted by Gasteiger charge is 2.16. The molecule has 1 amide bonds. The van der Waals surface area contributed by atoms with Crippen LogP contribution in [-0.4, -0.2) is 29.1 Å². The summed E-state index contributed by atoms with van der Waals surface area (Å²) < 4.78 is 10.7. The second-order valence-corrected chi connectivity index (χ2v) is 5.03. The molecule has 1 heterocycles. The van der Waals surface area contributed by atoms with Crippen LogP contribution in [0.4, 0.5) is 5.95 Å². The number of aromatic nitrogens is 2. The number of methoxy groups -OCH3 is 1. The van der Waals surface area contributed by atoms with E-state index in [1.807, 2.05) is 24.3 Å². The summed E-state index contributed by atoms with van der Waals surface area (Å²) in [6, 6.07) is 14.6. The van der Waals surface area contributed by atoms with Crippen molar-refractivity contribution in [2.75, 3.05) is 12.4 Å². The third kappa shape index (κ3) is 3.42. The van der Waals surface area contributed by atoms with Gasteiger partial charge in [0.2, 0.25) is 5.95 Å². The van der Waals surface area contributed by atoms with Crippen molar-refractivity contribution in [3.05, 3.63) is 48.5 Å². The van der Waals surface area contributed by atoms with E-state index in [1.165, 1.54) is 0 Å². The molecular formula is C17H17N3O3. The van der Waals surface area contributed by atoms with E-state index in [1.54, 1.807) is 38.3 Å². The monoisotopic (exact) mass is 311 g/mol. The first-order valence-corrected chi connectivity index (χ1v) is 7.22. The number of anilines is 1. The topological polar surface area (TPSA) is 76.2 Å². The van der Waals surface area contributed by atoms with Gasteiger partial charge in [0.05, 0.1) is 18.1 Å². The molecule has 2 N–H and O–H groups in total. The Labute approximate surface area is 133 Å². The Morgan fingerprint density at radius 1 is 1.13 bits per heavy atom. The molecule has 118 valence electrons. The zero-order valence-electron chi connectivity index (χ0n) is 12.9. The number of nitrogens with zero attached hydrogens (tertiary/aromatic N) is 1. The van der Waals surface area contributed by atoms with Gasteiger partial charge in [-0.2, -0.15) is 0 Å². The summed E-state index contributed by atoms with van der Waals surface area (Å²) >= 11 is 0. The normalized spacial score (nSPS) is 11.9. The molecule has 3 rings (SSSR count). The van der Waals surface area contributed by atoms with Gasteiger partial charge in [0, 0.05) is 0 Å². The van der Waals surface area contributed by atoms with E-state index in [2.05, 4.69) is 15.3 Å². The quantitative estimate of drug-likeness (QED) is 0.759. The summed E-state index contributed by atoms with van der Waals surface area (Å²) in [5, 5.41) is 2.72. The zero-order chi connectivity index (χ0) is 16.2. The molecule has 0 aliphatic heterocycles. The minimum atomic E-state index is -0.656. The number of nitrogens with one attached hydrogen (secondary N) is 2. The molecule has 0 spiro atoms. The van der Waals surface area contributed by atoms with Gasteiger partial charge in [0.1, 0.15) is 11.5 Å². The van der Waals surface area contributed by atoms with Gasteiger partial charge in [0.15, 0.2) is 6.10 Å². The number of hydrogen-bond donors (Lipinski definition) is 2. The standard InChI is InChI=1S/C17H17N3O3/c1-11(23-13-9-7-12(22-2)8-10-13)16(21)20-17-18-14-5-3-4-6-15(14)19-17/h3-11H,1-2H3,(H2,18,19,20,21)/t11-/m0/s1. The van der Waals surface area contributed by atoms with Gasteiger partial charge >= 0.3 is 0 Å². The first-order chi connectivity index (χ1) is 11.2. The summed E-state index contributed by atoms with van der Waals surface area (Å²) in [6.07, 6.45) is -0.656. The van der Waals surface area contributed by atoms with Crippen molar-refractivity contribution < 1.29 is 14.3 Å². The third-order valence-electron chi connectivity index (χ3n) is 3.37. The number of ether oxygens (including phenoxy) is 2. The van der Waals surface area contributed by atoms with Crippen molar-refractivity contribution in [2.24, 2.45) is 0 Å². The van der Waals surface area contributed by atoms with Crippen LogP contribution in [-0.2, 0) is 4.79 Å². The van der Waals surface area contributed by atoms with Crippen LogP contribution in [0.3, 0.4) is 0 Å². The van der Waals surface area contributed by atoms with Crippen LogP contribution in [0.25, 0.3) is 11.0 Å². The maximum absolute atomic E-state index is 12.2. The van der Waals surface area contributed by atoms with E-state index >= 15 is 0 Å². The molecule has 0 aliphatic carbocycles. The fourth-order valence-corrected chi connectivity index (χ4v) is 2.14. The lowest BCUT2D eigenvalue weighted by Gasteiger charge is -2.14. The van der Waals surface area contributed by atoms with Crippen LogP contribution in [0.5, 0.6) is 11.5 Å². The Morgan fingerprint density at radius 3 is 2.52 bits per heavy atom. The molecule has 23 heavy (non-hydrogen) atoms. The second kappa shape index (κ2) is 6.39. The van der Waals surface area contributed by atoms with E-state index in [4.69, 9.17) is 9.47 Å². The molecule has 0 aliphatic rings. The van der Waals surface area contributed by atoms with Crippen molar-refractivity contribution in [3.63, 3.8) is 0 Å². The highest BCUT2D eigenvalue weighted by Crippen LogP contribution is 2.19. The molecule has 1 aromatic heterocycles. The number of imidazole rings is 1. The van der Waals surface area contributed by atoms with Crippen LogP contribution in [0, 0.1) is 0 Å². The first kappa shape index (κ1) is 14.9. The molecule has 0 bridgehead atoms. The number of carbonyl (C=O) groups excluding carboxylic acids is 1. The largest absolute Gasteiger partial charge is 0.497 e. The molecule has 0 fully saturated rings. The summed E-state index contributed by atoms with van der Waals surface area (Å²) in [5.41, 5.74) is 1.66. The van der Waals surface area contributed by atoms with E-state index in [0.717, 1.165) is 16.8 Å². The highest BCUT2D eigenvalue weighted by atomic mass is 16.5. The molecule has 1 atom stereocenters. The van der Waals surface area contributed by atoms with Crippen molar-refractivity contribution in [3.8, 4) is 11.5 Å². The number of carbonyl (C=O) groups is 1. The molecule has 3 aromatic rings. The molecule has 0 saturated heterocycles. The number of H-pyrrole nitrogens is 1. The average Bonchev–Trinajstić information content (AvgIpc) is 2.97. The van der Waals surface area contributed by atoms with Gasteiger partial charge in [-0.25, -0.2) is 4.98 Å². The Kier molecular flexibility index (Phi) is 4.14. The molecule has 0 radical (unpaired) electrons. The summed E-state index contributed by atoms with van der Waals surface area (Å²) in [6.45, 7) is 1.68. The Hall–Kier alpha value is -3.02. The predicted molar refractivity (Wildman–Crippen MR) is 87.8 cm³/mol. The van der Waals surface area contributed by atoms with Crippen LogP contribution in [0.1, 0.15) is 6.92 Å². The van der Waals surface area contributed by atoms with Crippen molar-refractivity contribution in [1.29, 1.82) is 0 Å². The number of aromatic amines is 1. The number of fused-ring (bicyclic) bond motifs is 1. The minimum Gasteiger partial charge on any atom is -0.497 e. The fourth-order valence-electron chi connectivity index (χ4n) is 2.14. The van der Waals surface area contributed by atoms with E-state index in [0.29, 0.717) is 11.7 Å². The van der Waals surface area contributed by atoms with Gasteiger partial charge < -0.3 is 14.5 Å². The van der Waals surface area contributed by atoms with Crippen LogP contribution in [0.2, 0.25) is 0 Å². The fraction of sp³-hybridized carbons (Fsp3) is 0.176. The van der Waals surface area contributed by atoms with Gasteiger partial charge in [-0.1, -0.05) is 12.1 Å². The summed E-state index contributed by atoms with van der Waals surface area (Å²) in [4.78, 5) is 19.5. The van der Waals surface area contributed by atoms with E-state index < -0.39 is 6.10 Å². The Morgan fingerprint density at radius 2 is 1.83 bits per heavy atom. The molecule has 6 heteroatoms. The van der Waals surface area contributed by atoms with Crippen LogP contribution >= 0.6 is 0 Å². The van der Waals surface area contributed by atoms with Crippen LogP contribution < -0.4 is 14.8 Å². The van der Waals surface area contributed by atoms with Gasteiger partial charge in [0.25, 0.3) is 5.91 Å². The number of benzene rings is 2. The first-order valence-electron chi connectivity index (χ1n) is 7.22. The Balaban J connectivity index is 1.64. The third-order valence-corrected chi connectivity index (χ3v) is 3.37. The average molecular weight is 311 g/mol. The van der Waals surface area contributed by atoms with Gasteiger partial charge in [-0.15, -0.1) is 0 Å². The number of amides is 1. The molecule has 6 nitrogen and oxygen atoms in total. The maximum atomic E-state index is 12.2. The van der Waals surface area contributed by atoms with Gasteiger partial charge in [-0.3, -0.25) is 10.1 Å². The zero-order valence-corrected chi connectivity index (χ0v) is 12.9. The lowest BCUT2D eigenvalue weighted by molar-refractivity contribution is -0.122. The Bertz CT molecular complexity index is 778.